The average molecular weight is 343 g/mol. The van der Waals surface area contributed by atoms with Crippen molar-refractivity contribution in [1.82, 2.24) is 10.6 Å². The van der Waals surface area contributed by atoms with Gasteiger partial charge in [0.2, 0.25) is 5.91 Å². The van der Waals surface area contributed by atoms with Crippen molar-refractivity contribution in [2.45, 2.75) is 24.2 Å². The normalized spacial score (nSPS) is 22.3. The van der Waals surface area contributed by atoms with Crippen molar-refractivity contribution in [1.29, 1.82) is 5.26 Å². The Balaban J connectivity index is 1.99. The summed E-state index contributed by atoms with van der Waals surface area (Å²) in [6, 6.07) is 7.48. The average Bonchev–Trinajstić information content (AvgIpc) is 2.96. The van der Waals surface area contributed by atoms with E-state index in [4.69, 9.17) is 0 Å². The number of rotatable bonds is 5. The summed E-state index contributed by atoms with van der Waals surface area (Å²) in [5, 5.41) is 14.0. The van der Waals surface area contributed by atoms with Crippen molar-refractivity contribution >= 4 is 17.7 Å². The summed E-state index contributed by atoms with van der Waals surface area (Å²) >= 11 is 1.54. The van der Waals surface area contributed by atoms with E-state index < -0.39 is 30.2 Å². The Morgan fingerprint density at radius 1 is 1.39 bits per heavy atom. The molecule has 2 unspecified atom stereocenters. The highest BCUT2D eigenvalue weighted by Gasteiger charge is 2.41. The van der Waals surface area contributed by atoms with Crippen molar-refractivity contribution < 1.29 is 18.0 Å². The number of nitrogens with one attached hydrogen (secondary N) is 2. The third-order valence-corrected chi connectivity index (χ3v) is 4.73. The highest BCUT2D eigenvalue weighted by Crippen LogP contribution is 2.32. The molecule has 1 aromatic carbocycles. The number of carbonyl (C=O) groups excluding carboxylic acids is 1. The number of alkyl halides is 3. The number of carbonyl (C=O) groups is 1. The van der Waals surface area contributed by atoms with E-state index in [0.717, 1.165) is 5.75 Å². The van der Waals surface area contributed by atoms with Gasteiger partial charge in [-0.1, -0.05) is 30.3 Å². The molecule has 0 bridgehead atoms. The Bertz CT molecular complexity index is 580. The lowest BCUT2D eigenvalue weighted by Crippen LogP contribution is -2.51. The van der Waals surface area contributed by atoms with E-state index in [1.807, 2.05) is 0 Å². The third-order valence-electron chi connectivity index (χ3n) is 3.54. The molecule has 4 nitrogen and oxygen atoms in total. The van der Waals surface area contributed by atoms with Crippen LogP contribution in [0.5, 0.6) is 0 Å². The maximum atomic E-state index is 13.2. The van der Waals surface area contributed by atoms with Crippen LogP contribution in [0.25, 0.3) is 0 Å². The summed E-state index contributed by atoms with van der Waals surface area (Å²) in [6.07, 6.45) is -4.01. The molecular weight excluding hydrogens is 327 g/mol. The van der Waals surface area contributed by atoms with Gasteiger partial charge in [-0.2, -0.15) is 30.2 Å². The molecule has 124 valence electrons. The Kier molecular flexibility index (Phi) is 5.55. The van der Waals surface area contributed by atoms with Gasteiger partial charge in [0.05, 0.1) is 12.6 Å². The van der Waals surface area contributed by atoms with E-state index >= 15 is 0 Å². The van der Waals surface area contributed by atoms with Gasteiger partial charge >= 0.3 is 6.18 Å². The molecule has 1 aromatic rings. The molecule has 0 aromatic heterocycles. The predicted octanol–water partition coefficient (Wildman–Crippen LogP) is 2.40. The first-order chi connectivity index (χ1) is 10.9. The molecule has 1 saturated heterocycles. The second-order valence-corrected chi connectivity index (χ2v) is 6.42. The fourth-order valence-electron chi connectivity index (χ4n) is 2.35. The zero-order valence-corrected chi connectivity index (χ0v) is 13.0. The van der Waals surface area contributed by atoms with Gasteiger partial charge in [-0.3, -0.25) is 10.1 Å². The Labute approximate surface area is 136 Å². The first-order valence-electron chi connectivity index (χ1n) is 7.01. The standard InChI is InChI=1S/C15H16F3N3OS/c16-15(17,18)13(11-4-2-1-3-5-11)20-8-12(22)21-14(9-19)6-7-23-10-14/h1-5,13,20H,6-8,10H2,(H,21,22). The minimum absolute atomic E-state index is 0.0409. The summed E-state index contributed by atoms with van der Waals surface area (Å²) in [6.45, 7) is -0.507. The molecule has 0 radical (unpaired) electrons. The molecule has 2 N–H and O–H groups in total. The van der Waals surface area contributed by atoms with E-state index in [2.05, 4.69) is 16.7 Å². The van der Waals surface area contributed by atoms with Crippen LogP contribution >= 0.6 is 11.8 Å². The second kappa shape index (κ2) is 7.23. The maximum absolute atomic E-state index is 13.2. The monoisotopic (exact) mass is 343 g/mol. The van der Waals surface area contributed by atoms with E-state index in [0.29, 0.717) is 12.2 Å². The van der Waals surface area contributed by atoms with Gasteiger partial charge in [0.25, 0.3) is 0 Å². The van der Waals surface area contributed by atoms with Crippen LogP contribution in [-0.2, 0) is 4.79 Å². The minimum Gasteiger partial charge on any atom is -0.336 e. The number of amides is 1. The lowest BCUT2D eigenvalue weighted by atomic mass is 10.0. The summed E-state index contributed by atoms with van der Waals surface area (Å²) in [5.74, 6) is 0.590. The predicted molar refractivity (Wildman–Crippen MR) is 81.7 cm³/mol. The molecule has 1 aliphatic rings. The third kappa shape index (κ3) is 4.62. The molecule has 0 saturated carbocycles. The van der Waals surface area contributed by atoms with Gasteiger partial charge in [-0.25, -0.2) is 0 Å². The molecule has 1 heterocycles. The lowest BCUT2D eigenvalue weighted by Gasteiger charge is -2.24. The van der Waals surface area contributed by atoms with Crippen LogP contribution in [0.1, 0.15) is 18.0 Å². The molecular formula is C15H16F3N3OS. The molecule has 0 aliphatic carbocycles. The quantitative estimate of drug-likeness (QED) is 0.862. The zero-order chi connectivity index (χ0) is 16.9. The Morgan fingerprint density at radius 2 is 2.09 bits per heavy atom. The highest BCUT2D eigenvalue weighted by molar-refractivity contribution is 7.99. The van der Waals surface area contributed by atoms with Crippen LogP contribution in [0, 0.1) is 11.3 Å². The lowest BCUT2D eigenvalue weighted by molar-refractivity contribution is -0.158. The van der Waals surface area contributed by atoms with Gasteiger partial charge in [-0.15, -0.1) is 0 Å². The van der Waals surface area contributed by atoms with Crippen molar-refractivity contribution in [2.24, 2.45) is 0 Å². The topological polar surface area (TPSA) is 64.9 Å². The summed E-state index contributed by atoms with van der Waals surface area (Å²) in [7, 11) is 0. The van der Waals surface area contributed by atoms with Gasteiger partial charge in [0, 0.05) is 5.75 Å². The summed E-state index contributed by atoms with van der Waals surface area (Å²) in [5.41, 5.74) is -0.927. The smallest absolute Gasteiger partial charge is 0.336 e. The molecule has 1 fully saturated rings. The van der Waals surface area contributed by atoms with Crippen LogP contribution in [0.3, 0.4) is 0 Å². The SMILES string of the molecule is N#CC1(NC(=O)CNC(c2ccccc2)C(F)(F)F)CCSC1. The summed E-state index contributed by atoms with van der Waals surface area (Å²) < 4.78 is 39.5. The molecule has 8 heteroatoms. The second-order valence-electron chi connectivity index (χ2n) is 5.31. The van der Waals surface area contributed by atoms with Crippen LogP contribution in [0.2, 0.25) is 0 Å². The van der Waals surface area contributed by atoms with Gasteiger partial charge < -0.3 is 5.32 Å². The van der Waals surface area contributed by atoms with Gasteiger partial charge in [0.1, 0.15) is 11.6 Å². The van der Waals surface area contributed by atoms with E-state index in [1.54, 1.807) is 6.07 Å². The molecule has 23 heavy (non-hydrogen) atoms. The van der Waals surface area contributed by atoms with Crippen molar-refractivity contribution in [3.8, 4) is 6.07 Å². The number of hydrogen-bond donors (Lipinski definition) is 2. The van der Waals surface area contributed by atoms with Crippen molar-refractivity contribution in [3.63, 3.8) is 0 Å². The molecule has 2 rings (SSSR count). The molecule has 2 atom stereocenters. The van der Waals surface area contributed by atoms with Crippen LogP contribution < -0.4 is 10.6 Å². The van der Waals surface area contributed by atoms with Crippen molar-refractivity contribution in [2.75, 3.05) is 18.1 Å². The number of benzene rings is 1. The fourth-order valence-corrected chi connectivity index (χ4v) is 3.62. The number of nitriles is 1. The minimum atomic E-state index is -4.52. The van der Waals surface area contributed by atoms with E-state index in [1.165, 1.54) is 36.0 Å². The van der Waals surface area contributed by atoms with Crippen LogP contribution in [0.4, 0.5) is 13.2 Å². The number of thioether (sulfide) groups is 1. The fraction of sp³-hybridized carbons (Fsp3) is 0.467. The van der Waals surface area contributed by atoms with Gasteiger partial charge in [0.15, 0.2) is 0 Å². The largest absolute Gasteiger partial charge is 0.407 e. The first kappa shape index (κ1) is 17.6. The van der Waals surface area contributed by atoms with E-state index in [9.17, 15) is 23.2 Å². The Morgan fingerprint density at radius 3 is 2.61 bits per heavy atom. The summed E-state index contributed by atoms with van der Waals surface area (Å²) in [4.78, 5) is 11.9. The zero-order valence-electron chi connectivity index (χ0n) is 12.2. The highest BCUT2D eigenvalue weighted by atomic mass is 32.2. The number of hydrogen-bond acceptors (Lipinski definition) is 4. The Hall–Kier alpha value is -1.72. The van der Waals surface area contributed by atoms with Gasteiger partial charge in [-0.05, 0) is 17.7 Å². The first-order valence-corrected chi connectivity index (χ1v) is 8.17. The molecule has 1 aliphatic heterocycles. The molecule has 0 spiro atoms. The van der Waals surface area contributed by atoms with Crippen molar-refractivity contribution in [3.05, 3.63) is 35.9 Å². The van der Waals surface area contributed by atoms with E-state index in [-0.39, 0.29) is 5.56 Å². The molecule has 1 amide bonds. The van der Waals surface area contributed by atoms with Crippen LogP contribution in [0.15, 0.2) is 30.3 Å². The number of nitrogens with zero attached hydrogens (tertiary/aromatic N) is 1. The van der Waals surface area contributed by atoms with Crippen LogP contribution in [-0.4, -0.2) is 35.7 Å². The number of halogens is 3. The maximum Gasteiger partial charge on any atom is 0.407 e.